The number of urea groups is 1. The van der Waals surface area contributed by atoms with Gasteiger partial charge in [-0.15, -0.1) is 0 Å². The van der Waals surface area contributed by atoms with E-state index in [2.05, 4.69) is 5.32 Å². The third-order valence-electron chi connectivity index (χ3n) is 3.44. The molecule has 0 bridgehead atoms. The lowest BCUT2D eigenvalue weighted by molar-refractivity contribution is -0.130. The Morgan fingerprint density at radius 2 is 1.96 bits per heavy atom. The number of benzene rings is 1. The van der Waals surface area contributed by atoms with Crippen molar-refractivity contribution in [1.29, 1.82) is 0 Å². The Labute approximate surface area is 135 Å². The first-order valence-electron chi connectivity index (χ1n) is 7.27. The number of anilines is 1. The van der Waals surface area contributed by atoms with Crippen molar-refractivity contribution in [1.82, 2.24) is 10.2 Å². The molecule has 0 radical (unpaired) electrons. The zero-order valence-corrected chi connectivity index (χ0v) is 13.4. The SMILES string of the molecule is CCN1C(=O)NC(=O)/C(=C\C=C\c2cccc(N(C)C)c2)C1=O. The maximum Gasteiger partial charge on any atom is 0.331 e. The molecule has 1 aromatic carbocycles. The Morgan fingerprint density at radius 1 is 1.22 bits per heavy atom. The van der Waals surface area contributed by atoms with Crippen LogP contribution >= 0.6 is 0 Å². The van der Waals surface area contributed by atoms with Crippen molar-refractivity contribution in [2.75, 3.05) is 25.5 Å². The summed E-state index contributed by atoms with van der Waals surface area (Å²) in [7, 11) is 3.90. The first-order chi connectivity index (χ1) is 10.9. The summed E-state index contributed by atoms with van der Waals surface area (Å²) in [6, 6.07) is 7.14. The molecule has 0 spiro atoms. The van der Waals surface area contributed by atoms with Crippen molar-refractivity contribution in [2.24, 2.45) is 0 Å². The molecule has 1 N–H and O–H groups in total. The molecule has 1 aliphatic heterocycles. The summed E-state index contributed by atoms with van der Waals surface area (Å²) in [6.07, 6.45) is 4.85. The van der Waals surface area contributed by atoms with E-state index in [4.69, 9.17) is 0 Å². The molecule has 0 atom stereocenters. The van der Waals surface area contributed by atoms with E-state index in [1.807, 2.05) is 43.3 Å². The van der Waals surface area contributed by atoms with Gasteiger partial charge in [0, 0.05) is 26.3 Å². The Bertz CT molecular complexity index is 705. The number of allylic oxidation sites excluding steroid dienone is 2. The molecule has 4 amide bonds. The van der Waals surface area contributed by atoms with Gasteiger partial charge in [-0.3, -0.25) is 19.8 Å². The molecule has 1 aromatic rings. The van der Waals surface area contributed by atoms with Crippen LogP contribution in [0.4, 0.5) is 10.5 Å². The molecular weight excluding hydrogens is 294 g/mol. The number of hydrogen-bond donors (Lipinski definition) is 1. The maximum absolute atomic E-state index is 12.1. The molecule has 1 saturated heterocycles. The topological polar surface area (TPSA) is 69.7 Å². The molecule has 0 aliphatic carbocycles. The van der Waals surface area contributed by atoms with E-state index in [0.29, 0.717) is 0 Å². The third-order valence-corrected chi connectivity index (χ3v) is 3.44. The molecule has 23 heavy (non-hydrogen) atoms. The van der Waals surface area contributed by atoms with Gasteiger partial charge < -0.3 is 4.90 Å². The molecule has 1 fully saturated rings. The minimum absolute atomic E-state index is 0.0496. The van der Waals surface area contributed by atoms with Gasteiger partial charge >= 0.3 is 6.03 Å². The molecule has 120 valence electrons. The second-order valence-electron chi connectivity index (χ2n) is 5.24. The van der Waals surface area contributed by atoms with E-state index in [9.17, 15) is 14.4 Å². The molecule has 2 rings (SSSR count). The average molecular weight is 313 g/mol. The van der Waals surface area contributed by atoms with E-state index in [1.54, 1.807) is 19.1 Å². The fourth-order valence-electron chi connectivity index (χ4n) is 2.16. The van der Waals surface area contributed by atoms with Crippen LogP contribution in [0.15, 0.2) is 42.0 Å². The van der Waals surface area contributed by atoms with E-state index >= 15 is 0 Å². The summed E-state index contributed by atoms with van der Waals surface area (Å²) < 4.78 is 0. The van der Waals surface area contributed by atoms with Gasteiger partial charge in [-0.1, -0.05) is 24.3 Å². The highest BCUT2D eigenvalue weighted by Gasteiger charge is 2.34. The highest BCUT2D eigenvalue weighted by atomic mass is 16.2. The second-order valence-corrected chi connectivity index (χ2v) is 5.24. The smallest absolute Gasteiger partial charge is 0.331 e. The normalized spacial score (nSPS) is 17.1. The van der Waals surface area contributed by atoms with Gasteiger partial charge in [0.25, 0.3) is 11.8 Å². The number of barbiturate groups is 1. The van der Waals surface area contributed by atoms with Gasteiger partial charge in [-0.05, 0) is 30.7 Å². The van der Waals surface area contributed by atoms with Crippen molar-refractivity contribution in [3.05, 3.63) is 47.6 Å². The monoisotopic (exact) mass is 313 g/mol. The predicted octanol–water partition coefficient (Wildman–Crippen LogP) is 1.79. The summed E-state index contributed by atoms with van der Waals surface area (Å²) in [4.78, 5) is 38.4. The fourth-order valence-corrected chi connectivity index (χ4v) is 2.16. The van der Waals surface area contributed by atoms with Crippen molar-refractivity contribution in [2.45, 2.75) is 6.92 Å². The van der Waals surface area contributed by atoms with Crippen LogP contribution in [0.25, 0.3) is 6.08 Å². The predicted molar refractivity (Wildman–Crippen MR) is 88.8 cm³/mol. The largest absolute Gasteiger partial charge is 0.378 e. The highest BCUT2D eigenvalue weighted by Crippen LogP contribution is 2.15. The summed E-state index contributed by atoms with van der Waals surface area (Å²) in [5.74, 6) is -1.25. The van der Waals surface area contributed by atoms with Gasteiger partial charge in [-0.2, -0.15) is 0 Å². The number of carbonyl (C=O) groups is 3. The van der Waals surface area contributed by atoms with Crippen LogP contribution in [-0.2, 0) is 9.59 Å². The Morgan fingerprint density at radius 3 is 2.61 bits per heavy atom. The van der Waals surface area contributed by atoms with E-state index in [1.165, 1.54) is 6.08 Å². The summed E-state index contributed by atoms with van der Waals surface area (Å²) in [5, 5.41) is 2.15. The molecule has 6 heteroatoms. The summed E-state index contributed by atoms with van der Waals surface area (Å²) in [6.45, 7) is 1.89. The molecule has 0 unspecified atom stereocenters. The van der Waals surface area contributed by atoms with Gasteiger partial charge in [-0.25, -0.2) is 4.79 Å². The second kappa shape index (κ2) is 6.91. The van der Waals surface area contributed by atoms with Crippen LogP contribution in [0.3, 0.4) is 0 Å². The highest BCUT2D eigenvalue weighted by molar-refractivity contribution is 6.28. The molecule has 0 saturated carbocycles. The lowest BCUT2D eigenvalue weighted by Crippen LogP contribution is -2.53. The zero-order valence-electron chi connectivity index (χ0n) is 13.4. The molecule has 6 nitrogen and oxygen atoms in total. The van der Waals surface area contributed by atoms with E-state index in [-0.39, 0.29) is 12.1 Å². The molecule has 0 aromatic heterocycles. The quantitative estimate of drug-likeness (QED) is 0.679. The van der Waals surface area contributed by atoms with Crippen LogP contribution in [0.2, 0.25) is 0 Å². The summed E-state index contributed by atoms with van der Waals surface area (Å²) >= 11 is 0. The standard InChI is InChI=1S/C17H19N3O3/c1-4-20-16(22)14(15(21)18-17(20)23)10-6-8-12-7-5-9-13(11-12)19(2)3/h5-11H,4H2,1-3H3,(H,18,21,23)/b8-6+,14-10+. The number of likely N-dealkylation sites (N-methyl/N-ethyl adjacent to an activating group) is 1. The van der Waals surface area contributed by atoms with Gasteiger partial charge in [0.2, 0.25) is 0 Å². The lowest BCUT2D eigenvalue weighted by atomic mass is 10.1. The number of amides is 4. The Balaban J connectivity index is 2.21. The number of nitrogens with one attached hydrogen (secondary N) is 1. The van der Waals surface area contributed by atoms with Crippen molar-refractivity contribution < 1.29 is 14.4 Å². The van der Waals surface area contributed by atoms with E-state index < -0.39 is 17.8 Å². The molecule has 1 aliphatic rings. The van der Waals surface area contributed by atoms with Gasteiger partial charge in [0.15, 0.2) is 0 Å². The minimum Gasteiger partial charge on any atom is -0.378 e. The first kappa shape index (κ1) is 16.5. The van der Waals surface area contributed by atoms with Gasteiger partial charge in [0.1, 0.15) is 5.57 Å². The van der Waals surface area contributed by atoms with Crippen molar-refractivity contribution in [3.63, 3.8) is 0 Å². The zero-order chi connectivity index (χ0) is 17.0. The van der Waals surface area contributed by atoms with Gasteiger partial charge in [0.05, 0.1) is 0 Å². The number of hydrogen-bond acceptors (Lipinski definition) is 4. The van der Waals surface area contributed by atoms with Crippen LogP contribution in [0, 0.1) is 0 Å². The third kappa shape index (κ3) is 3.66. The minimum atomic E-state index is -0.678. The summed E-state index contributed by atoms with van der Waals surface area (Å²) in [5.41, 5.74) is 1.95. The van der Waals surface area contributed by atoms with Crippen molar-refractivity contribution in [3.8, 4) is 0 Å². The lowest BCUT2D eigenvalue weighted by Gasteiger charge is -2.24. The Kier molecular flexibility index (Phi) is 4.95. The van der Waals surface area contributed by atoms with E-state index in [0.717, 1.165) is 16.2 Å². The van der Waals surface area contributed by atoms with Crippen LogP contribution in [-0.4, -0.2) is 43.4 Å². The molecular formula is C17H19N3O3. The maximum atomic E-state index is 12.1. The average Bonchev–Trinajstić information content (AvgIpc) is 2.51. The number of carbonyl (C=O) groups excluding carboxylic acids is 3. The van der Waals surface area contributed by atoms with Crippen LogP contribution in [0.5, 0.6) is 0 Å². The Hall–Kier alpha value is -2.89. The molecule has 1 heterocycles. The van der Waals surface area contributed by atoms with Crippen molar-refractivity contribution >= 4 is 29.6 Å². The van der Waals surface area contributed by atoms with Crippen LogP contribution < -0.4 is 10.2 Å². The first-order valence-corrected chi connectivity index (χ1v) is 7.27. The number of imide groups is 2. The number of rotatable bonds is 4. The number of nitrogens with zero attached hydrogens (tertiary/aromatic N) is 2. The fraction of sp³-hybridized carbons (Fsp3) is 0.235. The van der Waals surface area contributed by atoms with Crippen LogP contribution in [0.1, 0.15) is 12.5 Å².